The minimum Gasteiger partial charge on any atom is -0.344 e. The Bertz CT molecular complexity index is 595. The summed E-state index contributed by atoms with van der Waals surface area (Å²) < 4.78 is 0. The van der Waals surface area contributed by atoms with Crippen molar-refractivity contribution in [1.29, 1.82) is 0 Å². The molecule has 1 amide bonds. The third kappa shape index (κ3) is 2.74. The molecular formula is C15H17NOS2. The summed E-state index contributed by atoms with van der Waals surface area (Å²) >= 11 is 3.31. The van der Waals surface area contributed by atoms with E-state index in [0.717, 1.165) is 4.88 Å². The van der Waals surface area contributed by atoms with Crippen LogP contribution in [0.2, 0.25) is 0 Å². The van der Waals surface area contributed by atoms with Gasteiger partial charge >= 0.3 is 0 Å². The highest BCUT2D eigenvalue weighted by Crippen LogP contribution is 2.43. The van der Waals surface area contributed by atoms with Crippen LogP contribution in [-0.4, -0.2) is 5.91 Å². The first-order valence-corrected chi connectivity index (χ1v) is 8.29. The smallest absolute Gasteiger partial charge is 0.262 e. The summed E-state index contributed by atoms with van der Waals surface area (Å²) in [4.78, 5) is 15.8. The first-order chi connectivity index (χ1) is 9.15. The predicted molar refractivity (Wildman–Crippen MR) is 81.2 cm³/mol. The Balaban J connectivity index is 1.72. The predicted octanol–water partition coefficient (Wildman–Crippen LogP) is 4.49. The quantitative estimate of drug-likeness (QED) is 0.883. The maximum absolute atomic E-state index is 12.4. The zero-order valence-corrected chi connectivity index (χ0v) is 12.7. The molecule has 1 unspecified atom stereocenters. The Morgan fingerprint density at radius 2 is 2.16 bits per heavy atom. The molecule has 0 saturated heterocycles. The van der Waals surface area contributed by atoms with E-state index >= 15 is 0 Å². The molecule has 19 heavy (non-hydrogen) atoms. The normalized spacial score (nSPS) is 16.3. The van der Waals surface area contributed by atoms with Crippen LogP contribution in [0.1, 0.15) is 56.7 Å². The number of thiophene rings is 2. The van der Waals surface area contributed by atoms with E-state index < -0.39 is 0 Å². The molecule has 2 aromatic heterocycles. The highest BCUT2D eigenvalue weighted by atomic mass is 32.1. The number of aryl methyl sites for hydroxylation is 1. The van der Waals surface area contributed by atoms with Gasteiger partial charge < -0.3 is 5.32 Å². The van der Waals surface area contributed by atoms with Crippen LogP contribution >= 0.6 is 22.7 Å². The van der Waals surface area contributed by atoms with Crippen molar-refractivity contribution < 1.29 is 4.79 Å². The summed E-state index contributed by atoms with van der Waals surface area (Å²) in [5.41, 5.74) is 1.25. The van der Waals surface area contributed by atoms with Crippen molar-refractivity contribution in [1.82, 2.24) is 5.32 Å². The Morgan fingerprint density at radius 1 is 1.37 bits per heavy atom. The van der Waals surface area contributed by atoms with Gasteiger partial charge in [0.2, 0.25) is 0 Å². The van der Waals surface area contributed by atoms with Gasteiger partial charge in [-0.05, 0) is 61.7 Å². The topological polar surface area (TPSA) is 29.1 Å². The SMILES string of the molecule is Cc1ccc(C(C)NC(=O)c2sccc2C2CC2)s1. The number of nitrogens with one attached hydrogen (secondary N) is 1. The molecule has 0 aromatic carbocycles. The van der Waals surface area contributed by atoms with Crippen molar-refractivity contribution in [2.24, 2.45) is 0 Å². The molecule has 1 aliphatic carbocycles. The fraction of sp³-hybridized carbons (Fsp3) is 0.400. The zero-order valence-electron chi connectivity index (χ0n) is 11.1. The second-order valence-corrected chi connectivity index (χ2v) is 7.36. The molecule has 1 atom stereocenters. The molecule has 0 bridgehead atoms. The van der Waals surface area contributed by atoms with Crippen LogP contribution in [0.25, 0.3) is 0 Å². The van der Waals surface area contributed by atoms with Crippen molar-refractivity contribution in [3.05, 3.63) is 43.8 Å². The second kappa shape index (κ2) is 5.10. The van der Waals surface area contributed by atoms with E-state index in [1.54, 1.807) is 22.7 Å². The maximum atomic E-state index is 12.4. The third-order valence-electron chi connectivity index (χ3n) is 3.45. The van der Waals surface area contributed by atoms with Crippen LogP contribution in [0.5, 0.6) is 0 Å². The number of hydrogen-bond donors (Lipinski definition) is 1. The molecule has 0 spiro atoms. The molecule has 4 heteroatoms. The number of rotatable bonds is 4. The van der Waals surface area contributed by atoms with E-state index in [0.29, 0.717) is 5.92 Å². The molecule has 100 valence electrons. The van der Waals surface area contributed by atoms with E-state index in [1.165, 1.54) is 28.2 Å². The van der Waals surface area contributed by atoms with E-state index in [1.807, 2.05) is 12.3 Å². The lowest BCUT2D eigenvalue weighted by Gasteiger charge is -2.12. The monoisotopic (exact) mass is 291 g/mol. The zero-order chi connectivity index (χ0) is 13.4. The Hall–Kier alpha value is -1.13. The summed E-state index contributed by atoms with van der Waals surface area (Å²) in [5, 5.41) is 5.15. The molecule has 2 aromatic rings. The fourth-order valence-electron chi connectivity index (χ4n) is 2.24. The van der Waals surface area contributed by atoms with Gasteiger partial charge in [-0.25, -0.2) is 0 Å². The average molecular weight is 291 g/mol. The summed E-state index contributed by atoms with van der Waals surface area (Å²) in [6.45, 7) is 4.14. The van der Waals surface area contributed by atoms with Gasteiger partial charge in [-0.15, -0.1) is 22.7 Å². The molecule has 2 heterocycles. The minimum atomic E-state index is 0.0791. The summed E-state index contributed by atoms with van der Waals surface area (Å²) in [6.07, 6.45) is 2.47. The van der Waals surface area contributed by atoms with Crippen LogP contribution < -0.4 is 5.32 Å². The van der Waals surface area contributed by atoms with E-state index in [4.69, 9.17) is 0 Å². The molecule has 1 saturated carbocycles. The Morgan fingerprint density at radius 3 is 2.79 bits per heavy atom. The molecule has 1 fully saturated rings. The summed E-state index contributed by atoms with van der Waals surface area (Å²) in [7, 11) is 0. The number of amides is 1. The van der Waals surface area contributed by atoms with Gasteiger partial charge in [0.1, 0.15) is 0 Å². The number of carbonyl (C=O) groups excluding carboxylic acids is 1. The van der Waals surface area contributed by atoms with Gasteiger partial charge in [-0.2, -0.15) is 0 Å². The van der Waals surface area contributed by atoms with E-state index in [9.17, 15) is 4.79 Å². The number of carbonyl (C=O) groups is 1. The van der Waals surface area contributed by atoms with Gasteiger partial charge in [-0.1, -0.05) is 0 Å². The largest absolute Gasteiger partial charge is 0.344 e. The highest BCUT2D eigenvalue weighted by Gasteiger charge is 2.29. The van der Waals surface area contributed by atoms with Gasteiger partial charge in [0, 0.05) is 9.75 Å². The van der Waals surface area contributed by atoms with Gasteiger partial charge in [0.05, 0.1) is 10.9 Å². The molecule has 2 nitrogen and oxygen atoms in total. The van der Waals surface area contributed by atoms with E-state index in [-0.39, 0.29) is 11.9 Å². The Labute approximate surface area is 121 Å². The third-order valence-corrected chi connectivity index (χ3v) is 5.57. The second-order valence-electron chi connectivity index (χ2n) is 5.12. The van der Waals surface area contributed by atoms with Gasteiger partial charge in [-0.3, -0.25) is 4.79 Å². The van der Waals surface area contributed by atoms with E-state index in [2.05, 4.69) is 30.4 Å². The molecule has 1 N–H and O–H groups in total. The van der Waals surface area contributed by atoms with Crippen molar-refractivity contribution >= 4 is 28.6 Å². The average Bonchev–Trinajstić information content (AvgIpc) is 2.94. The van der Waals surface area contributed by atoms with Crippen LogP contribution in [0.3, 0.4) is 0 Å². The molecular weight excluding hydrogens is 274 g/mol. The van der Waals surface area contributed by atoms with Crippen molar-refractivity contribution in [2.75, 3.05) is 0 Å². The van der Waals surface area contributed by atoms with Crippen LogP contribution in [0.4, 0.5) is 0 Å². The van der Waals surface area contributed by atoms with Crippen LogP contribution in [0, 0.1) is 6.92 Å². The first kappa shape index (κ1) is 12.9. The molecule has 0 aliphatic heterocycles. The minimum absolute atomic E-state index is 0.0791. The van der Waals surface area contributed by atoms with Crippen molar-refractivity contribution in [3.63, 3.8) is 0 Å². The lowest BCUT2D eigenvalue weighted by Crippen LogP contribution is -2.26. The number of hydrogen-bond acceptors (Lipinski definition) is 3. The first-order valence-electron chi connectivity index (χ1n) is 6.59. The molecule has 3 rings (SSSR count). The highest BCUT2D eigenvalue weighted by molar-refractivity contribution is 7.12. The van der Waals surface area contributed by atoms with Crippen LogP contribution in [0.15, 0.2) is 23.6 Å². The van der Waals surface area contributed by atoms with Crippen LogP contribution in [-0.2, 0) is 0 Å². The lowest BCUT2D eigenvalue weighted by molar-refractivity contribution is 0.0943. The fourth-order valence-corrected chi connectivity index (χ4v) is 4.01. The van der Waals surface area contributed by atoms with Gasteiger partial charge in [0.25, 0.3) is 5.91 Å². The maximum Gasteiger partial charge on any atom is 0.262 e. The molecule has 1 aliphatic rings. The summed E-state index contributed by atoms with van der Waals surface area (Å²) in [6, 6.07) is 6.39. The lowest BCUT2D eigenvalue weighted by atomic mass is 10.1. The standard InChI is InChI=1S/C15H17NOS2/c1-9-3-6-13(19-9)10(2)16-15(17)14-12(7-8-18-14)11-4-5-11/h3,6-8,10-11H,4-5H2,1-2H3,(H,16,17). The van der Waals surface area contributed by atoms with Crippen molar-refractivity contribution in [3.8, 4) is 0 Å². The van der Waals surface area contributed by atoms with Crippen molar-refractivity contribution in [2.45, 2.75) is 38.6 Å². The Kier molecular flexibility index (Phi) is 3.46. The molecule has 0 radical (unpaired) electrons. The van der Waals surface area contributed by atoms with Gasteiger partial charge in [0.15, 0.2) is 0 Å². The summed E-state index contributed by atoms with van der Waals surface area (Å²) in [5.74, 6) is 0.710.